The molecule has 3 rings (SSSR count). The molecule has 1 fully saturated rings. The summed E-state index contributed by atoms with van der Waals surface area (Å²) < 4.78 is 31.6. The van der Waals surface area contributed by atoms with E-state index in [2.05, 4.69) is 9.97 Å². The lowest BCUT2D eigenvalue weighted by Gasteiger charge is -2.23. The summed E-state index contributed by atoms with van der Waals surface area (Å²) in [5, 5.41) is 0. The first kappa shape index (κ1) is 11.6. The van der Waals surface area contributed by atoms with Gasteiger partial charge < -0.3 is 15.5 Å². The molecule has 0 saturated carbocycles. The van der Waals surface area contributed by atoms with E-state index in [0.29, 0.717) is 30.1 Å². The van der Waals surface area contributed by atoms with Gasteiger partial charge in [0.15, 0.2) is 11.6 Å². The number of H-pyrrole nitrogens is 1. The molecule has 4 nitrogen and oxygen atoms in total. The zero-order valence-corrected chi connectivity index (χ0v) is 9.84. The van der Waals surface area contributed by atoms with Crippen LogP contribution in [-0.2, 0) is 10.2 Å². The number of hydrogen-bond donors (Lipinski definition) is 2. The number of halogens is 2. The third-order valence-electron chi connectivity index (χ3n) is 3.58. The van der Waals surface area contributed by atoms with Gasteiger partial charge in [0.25, 0.3) is 0 Å². The van der Waals surface area contributed by atoms with Gasteiger partial charge in [-0.3, -0.25) is 0 Å². The van der Waals surface area contributed by atoms with Gasteiger partial charge >= 0.3 is 0 Å². The fraction of sp³-hybridized carbons (Fsp3) is 0.417. The molecule has 2 aromatic rings. The summed E-state index contributed by atoms with van der Waals surface area (Å²) >= 11 is 0. The van der Waals surface area contributed by atoms with E-state index in [1.807, 2.05) is 6.92 Å². The summed E-state index contributed by atoms with van der Waals surface area (Å²) in [6.45, 7) is 2.82. The lowest BCUT2D eigenvalue weighted by atomic mass is 9.85. The van der Waals surface area contributed by atoms with Crippen LogP contribution in [0.3, 0.4) is 0 Å². The van der Waals surface area contributed by atoms with Crippen molar-refractivity contribution in [3.8, 4) is 0 Å². The number of hydrogen-bond acceptors (Lipinski definition) is 3. The van der Waals surface area contributed by atoms with Gasteiger partial charge in [-0.1, -0.05) is 0 Å². The van der Waals surface area contributed by atoms with Crippen LogP contribution in [0.2, 0.25) is 0 Å². The number of aromatic amines is 1. The monoisotopic (exact) mass is 253 g/mol. The number of imidazole rings is 1. The molecule has 2 atom stereocenters. The van der Waals surface area contributed by atoms with Crippen LogP contribution in [0.5, 0.6) is 0 Å². The molecule has 2 heterocycles. The molecule has 3 N–H and O–H groups in total. The molecule has 6 heteroatoms. The molecular formula is C12H13F2N3O. The SMILES string of the molecule is CC1(c2nc3cc(F)c(F)cc3[nH]2)COCC1N. The Labute approximate surface area is 102 Å². The van der Waals surface area contributed by atoms with Gasteiger partial charge in [0.1, 0.15) is 5.82 Å². The maximum atomic E-state index is 13.1. The van der Waals surface area contributed by atoms with Gasteiger partial charge in [0.2, 0.25) is 0 Å². The minimum atomic E-state index is -0.905. The Morgan fingerprint density at radius 2 is 2.17 bits per heavy atom. The molecule has 18 heavy (non-hydrogen) atoms. The Bertz CT molecular complexity index is 574. The molecule has 1 aliphatic rings. The number of nitrogens with zero attached hydrogens (tertiary/aromatic N) is 1. The number of fused-ring (bicyclic) bond motifs is 1. The smallest absolute Gasteiger partial charge is 0.161 e. The molecule has 0 aliphatic carbocycles. The van der Waals surface area contributed by atoms with E-state index in [1.54, 1.807) is 0 Å². The van der Waals surface area contributed by atoms with Gasteiger partial charge in [0.05, 0.1) is 29.7 Å². The van der Waals surface area contributed by atoms with E-state index in [9.17, 15) is 8.78 Å². The highest BCUT2D eigenvalue weighted by atomic mass is 19.2. The zero-order chi connectivity index (χ0) is 12.9. The molecule has 0 spiro atoms. The van der Waals surface area contributed by atoms with Crippen molar-refractivity contribution in [1.29, 1.82) is 0 Å². The van der Waals surface area contributed by atoms with E-state index >= 15 is 0 Å². The van der Waals surface area contributed by atoms with Crippen molar-refractivity contribution >= 4 is 11.0 Å². The van der Waals surface area contributed by atoms with Crippen LogP contribution >= 0.6 is 0 Å². The van der Waals surface area contributed by atoms with Crippen molar-refractivity contribution in [3.63, 3.8) is 0 Å². The Morgan fingerprint density at radius 1 is 1.44 bits per heavy atom. The first-order chi connectivity index (χ1) is 8.50. The molecule has 1 aliphatic heterocycles. The first-order valence-corrected chi connectivity index (χ1v) is 5.69. The highest BCUT2D eigenvalue weighted by molar-refractivity contribution is 5.75. The number of rotatable bonds is 1. The second-order valence-electron chi connectivity index (χ2n) is 4.91. The number of nitrogens with one attached hydrogen (secondary N) is 1. The first-order valence-electron chi connectivity index (χ1n) is 5.69. The van der Waals surface area contributed by atoms with Crippen molar-refractivity contribution in [2.75, 3.05) is 13.2 Å². The average Bonchev–Trinajstić information content (AvgIpc) is 2.86. The van der Waals surface area contributed by atoms with Crippen molar-refractivity contribution in [3.05, 3.63) is 29.6 Å². The Morgan fingerprint density at radius 3 is 2.83 bits per heavy atom. The van der Waals surface area contributed by atoms with E-state index in [-0.39, 0.29) is 6.04 Å². The quantitative estimate of drug-likeness (QED) is 0.808. The molecule has 1 saturated heterocycles. The standard InChI is InChI=1S/C12H13F2N3O/c1-12(5-18-4-10(12)15)11-16-8-2-6(13)7(14)3-9(8)17-11/h2-3,10H,4-5,15H2,1H3,(H,16,17). The predicted molar refractivity (Wildman–Crippen MR) is 62.2 cm³/mol. The van der Waals surface area contributed by atoms with Gasteiger partial charge in [-0.2, -0.15) is 0 Å². The summed E-state index contributed by atoms with van der Waals surface area (Å²) in [6.07, 6.45) is 0. The van der Waals surface area contributed by atoms with E-state index in [4.69, 9.17) is 10.5 Å². The molecule has 2 unspecified atom stereocenters. The van der Waals surface area contributed by atoms with E-state index in [0.717, 1.165) is 12.1 Å². The van der Waals surface area contributed by atoms with Crippen LogP contribution in [0.25, 0.3) is 11.0 Å². The van der Waals surface area contributed by atoms with Gasteiger partial charge in [0, 0.05) is 18.2 Å². The van der Waals surface area contributed by atoms with Crippen LogP contribution in [0.15, 0.2) is 12.1 Å². The summed E-state index contributed by atoms with van der Waals surface area (Å²) in [5.41, 5.74) is 6.40. The summed E-state index contributed by atoms with van der Waals surface area (Å²) in [4.78, 5) is 7.30. The highest BCUT2D eigenvalue weighted by Gasteiger charge is 2.41. The van der Waals surface area contributed by atoms with Crippen LogP contribution in [0.4, 0.5) is 8.78 Å². The van der Waals surface area contributed by atoms with Crippen LogP contribution in [0, 0.1) is 11.6 Å². The maximum Gasteiger partial charge on any atom is 0.161 e. The minimum absolute atomic E-state index is 0.187. The largest absolute Gasteiger partial charge is 0.379 e. The van der Waals surface area contributed by atoms with Gasteiger partial charge in [-0.15, -0.1) is 0 Å². The third-order valence-corrected chi connectivity index (χ3v) is 3.58. The minimum Gasteiger partial charge on any atom is -0.379 e. The summed E-state index contributed by atoms with van der Waals surface area (Å²) in [5.74, 6) is -1.19. The van der Waals surface area contributed by atoms with Crippen LogP contribution < -0.4 is 5.73 Å². The fourth-order valence-electron chi connectivity index (χ4n) is 2.21. The van der Waals surface area contributed by atoms with Crippen molar-refractivity contribution in [2.45, 2.75) is 18.4 Å². The lowest BCUT2D eigenvalue weighted by molar-refractivity contribution is 0.178. The van der Waals surface area contributed by atoms with E-state index < -0.39 is 17.0 Å². The second kappa shape index (κ2) is 3.73. The number of benzene rings is 1. The number of ether oxygens (including phenoxy) is 1. The third kappa shape index (κ3) is 1.53. The Hall–Kier alpha value is -1.53. The maximum absolute atomic E-state index is 13.1. The number of nitrogens with two attached hydrogens (primary N) is 1. The highest BCUT2D eigenvalue weighted by Crippen LogP contribution is 2.31. The van der Waals surface area contributed by atoms with Crippen molar-refractivity contribution < 1.29 is 13.5 Å². The number of aromatic nitrogens is 2. The van der Waals surface area contributed by atoms with Gasteiger partial charge in [-0.05, 0) is 6.92 Å². The second-order valence-corrected chi connectivity index (χ2v) is 4.91. The van der Waals surface area contributed by atoms with Crippen LogP contribution in [-0.4, -0.2) is 29.2 Å². The molecule has 0 radical (unpaired) electrons. The van der Waals surface area contributed by atoms with Crippen LogP contribution in [0.1, 0.15) is 12.7 Å². The van der Waals surface area contributed by atoms with Gasteiger partial charge in [-0.25, -0.2) is 13.8 Å². The molecule has 96 valence electrons. The molecule has 1 aromatic heterocycles. The zero-order valence-electron chi connectivity index (χ0n) is 9.84. The van der Waals surface area contributed by atoms with Crippen molar-refractivity contribution in [2.24, 2.45) is 5.73 Å². The topological polar surface area (TPSA) is 63.9 Å². The Balaban J connectivity index is 2.14. The predicted octanol–water partition coefficient (Wildman–Crippen LogP) is 1.46. The Kier molecular flexibility index (Phi) is 2.39. The molecule has 1 aromatic carbocycles. The van der Waals surface area contributed by atoms with E-state index in [1.165, 1.54) is 0 Å². The molecule has 0 bridgehead atoms. The molecule has 0 amide bonds. The fourth-order valence-corrected chi connectivity index (χ4v) is 2.21. The lowest BCUT2D eigenvalue weighted by Crippen LogP contribution is -2.42. The summed E-state index contributed by atoms with van der Waals surface area (Å²) in [6, 6.07) is 1.99. The normalized spacial score (nSPS) is 28.1. The average molecular weight is 253 g/mol. The summed E-state index contributed by atoms with van der Waals surface area (Å²) in [7, 11) is 0. The molecular weight excluding hydrogens is 240 g/mol. The van der Waals surface area contributed by atoms with Crippen molar-refractivity contribution in [1.82, 2.24) is 9.97 Å².